The number of nitrogens with one attached hydrogen (secondary N) is 1. The van der Waals surface area contributed by atoms with E-state index in [-0.39, 0.29) is 18.5 Å². The quantitative estimate of drug-likeness (QED) is 0.927. The molecule has 1 aromatic rings. The molecule has 0 aromatic heterocycles. The number of alkyl carbamates (subject to hydrolysis) is 1. The summed E-state index contributed by atoms with van der Waals surface area (Å²) in [6.07, 6.45) is -0.783. The fraction of sp³-hybridized carbons (Fsp3) is 0.300. The van der Waals surface area contributed by atoms with Gasteiger partial charge in [-0.15, -0.1) is 0 Å². The third-order valence-electron chi connectivity index (χ3n) is 2.07. The zero-order chi connectivity index (χ0) is 11.5. The van der Waals surface area contributed by atoms with Crippen molar-refractivity contribution in [2.24, 2.45) is 0 Å². The second-order valence-corrected chi connectivity index (χ2v) is 4.15. The smallest absolute Gasteiger partial charge is 0.407 e. The Bertz CT molecular complexity index is 413. The average molecular weight is 290 g/mol. The Morgan fingerprint density at radius 3 is 3.12 bits per heavy atom. The second-order valence-electron chi connectivity index (χ2n) is 3.29. The molecular weight excluding hydrogens is 281 g/mol. The average Bonchev–Trinajstić information content (AvgIpc) is 2.66. The number of halogens is 2. The second kappa shape index (κ2) is 4.69. The molecule has 1 unspecified atom stereocenters. The molecule has 1 saturated heterocycles. The lowest BCUT2D eigenvalue weighted by Gasteiger charge is -2.11. The third kappa shape index (κ3) is 2.63. The summed E-state index contributed by atoms with van der Waals surface area (Å²) in [7, 11) is 0. The van der Waals surface area contributed by atoms with Crippen molar-refractivity contribution in [1.29, 1.82) is 0 Å². The van der Waals surface area contributed by atoms with Crippen LogP contribution in [0.3, 0.4) is 0 Å². The van der Waals surface area contributed by atoms with Crippen molar-refractivity contribution < 1.29 is 18.7 Å². The first kappa shape index (κ1) is 11.2. The van der Waals surface area contributed by atoms with Gasteiger partial charge in [0.05, 0.1) is 11.0 Å². The van der Waals surface area contributed by atoms with Crippen LogP contribution in [-0.4, -0.2) is 25.3 Å². The van der Waals surface area contributed by atoms with Gasteiger partial charge in [-0.3, -0.25) is 0 Å². The zero-order valence-corrected chi connectivity index (χ0v) is 9.79. The van der Waals surface area contributed by atoms with Crippen LogP contribution in [0.5, 0.6) is 5.75 Å². The van der Waals surface area contributed by atoms with Gasteiger partial charge in [0.25, 0.3) is 0 Å². The van der Waals surface area contributed by atoms with E-state index in [9.17, 15) is 9.18 Å². The highest BCUT2D eigenvalue weighted by molar-refractivity contribution is 9.10. The van der Waals surface area contributed by atoms with Gasteiger partial charge in [0, 0.05) is 6.07 Å². The minimum absolute atomic E-state index is 0.195. The summed E-state index contributed by atoms with van der Waals surface area (Å²) in [6, 6.07) is 4.16. The number of rotatable bonds is 3. The van der Waals surface area contributed by atoms with Crippen LogP contribution in [0.25, 0.3) is 0 Å². The monoisotopic (exact) mass is 289 g/mol. The summed E-state index contributed by atoms with van der Waals surface area (Å²) in [5, 5.41) is 2.50. The van der Waals surface area contributed by atoms with Crippen molar-refractivity contribution in [3.05, 3.63) is 28.5 Å². The van der Waals surface area contributed by atoms with E-state index in [4.69, 9.17) is 9.47 Å². The maximum Gasteiger partial charge on any atom is 0.407 e. The van der Waals surface area contributed by atoms with Gasteiger partial charge in [-0.2, -0.15) is 0 Å². The molecule has 1 N–H and O–H groups in total. The van der Waals surface area contributed by atoms with E-state index < -0.39 is 6.09 Å². The molecule has 1 amide bonds. The molecule has 0 radical (unpaired) electrons. The largest absolute Gasteiger partial charge is 0.488 e. The summed E-state index contributed by atoms with van der Waals surface area (Å²) in [5.74, 6) is 0.0164. The van der Waals surface area contributed by atoms with E-state index in [0.717, 1.165) is 0 Å². The molecule has 1 aliphatic heterocycles. The molecule has 86 valence electrons. The van der Waals surface area contributed by atoms with Gasteiger partial charge in [0.2, 0.25) is 0 Å². The number of carbonyl (C=O) groups is 1. The highest BCUT2D eigenvalue weighted by Gasteiger charge is 2.23. The Balaban J connectivity index is 1.94. The molecule has 0 saturated carbocycles. The Morgan fingerprint density at radius 1 is 1.62 bits per heavy atom. The molecule has 2 rings (SSSR count). The number of ether oxygens (including phenoxy) is 2. The minimum Gasteiger partial charge on any atom is -0.488 e. The number of cyclic esters (lactones) is 1. The van der Waals surface area contributed by atoms with Crippen molar-refractivity contribution in [2.45, 2.75) is 6.10 Å². The van der Waals surface area contributed by atoms with E-state index >= 15 is 0 Å². The molecule has 0 spiro atoms. The van der Waals surface area contributed by atoms with Crippen molar-refractivity contribution in [3.8, 4) is 5.75 Å². The van der Waals surface area contributed by atoms with E-state index in [1.807, 2.05) is 0 Å². The Kier molecular flexibility index (Phi) is 3.28. The maximum atomic E-state index is 12.9. The standard InChI is InChI=1S/C10H9BrFNO3/c11-8-2-1-6(12)3-9(8)15-5-7-4-13-10(14)16-7/h1-3,7H,4-5H2,(H,13,14). The van der Waals surface area contributed by atoms with Gasteiger partial charge in [0.15, 0.2) is 6.10 Å². The van der Waals surface area contributed by atoms with Gasteiger partial charge < -0.3 is 14.8 Å². The number of carbonyl (C=O) groups excluding carboxylic acids is 1. The van der Waals surface area contributed by atoms with E-state index in [2.05, 4.69) is 21.2 Å². The van der Waals surface area contributed by atoms with Gasteiger partial charge in [-0.1, -0.05) is 0 Å². The Hall–Kier alpha value is -1.30. The van der Waals surface area contributed by atoms with Crippen molar-refractivity contribution in [3.63, 3.8) is 0 Å². The summed E-state index contributed by atoms with van der Waals surface area (Å²) in [5.41, 5.74) is 0. The lowest BCUT2D eigenvalue weighted by molar-refractivity contribution is 0.104. The van der Waals surface area contributed by atoms with Crippen molar-refractivity contribution in [2.75, 3.05) is 13.2 Å². The summed E-state index contributed by atoms with van der Waals surface area (Å²) < 4.78 is 23.8. The highest BCUT2D eigenvalue weighted by Crippen LogP contribution is 2.25. The van der Waals surface area contributed by atoms with Crippen LogP contribution in [0.4, 0.5) is 9.18 Å². The predicted octanol–water partition coefficient (Wildman–Crippen LogP) is 2.08. The summed E-state index contributed by atoms with van der Waals surface area (Å²) in [6.45, 7) is 0.604. The van der Waals surface area contributed by atoms with E-state index in [0.29, 0.717) is 16.8 Å². The Labute approximate surface area is 99.9 Å². The molecule has 1 aromatic carbocycles. The van der Waals surface area contributed by atoms with E-state index in [1.54, 1.807) is 6.07 Å². The molecular formula is C10H9BrFNO3. The summed E-state index contributed by atoms with van der Waals surface area (Å²) >= 11 is 3.24. The molecule has 1 atom stereocenters. The molecule has 0 aliphatic carbocycles. The van der Waals surface area contributed by atoms with Crippen LogP contribution in [-0.2, 0) is 4.74 Å². The third-order valence-corrected chi connectivity index (χ3v) is 2.72. The Morgan fingerprint density at radius 2 is 2.44 bits per heavy atom. The number of amides is 1. The highest BCUT2D eigenvalue weighted by atomic mass is 79.9. The lowest BCUT2D eigenvalue weighted by atomic mass is 10.3. The number of hydrogen-bond donors (Lipinski definition) is 1. The fourth-order valence-corrected chi connectivity index (χ4v) is 1.66. The molecule has 0 bridgehead atoms. The number of benzene rings is 1. The molecule has 1 fully saturated rings. The van der Waals surface area contributed by atoms with Crippen LogP contribution in [0, 0.1) is 5.82 Å². The molecule has 1 aliphatic rings. The van der Waals surface area contributed by atoms with Crippen LogP contribution in [0.1, 0.15) is 0 Å². The first-order valence-corrected chi connectivity index (χ1v) is 5.47. The maximum absolute atomic E-state index is 12.9. The van der Waals surface area contributed by atoms with Crippen LogP contribution < -0.4 is 10.1 Å². The topological polar surface area (TPSA) is 47.6 Å². The lowest BCUT2D eigenvalue weighted by Crippen LogP contribution is -2.22. The number of hydrogen-bond acceptors (Lipinski definition) is 3. The summed E-state index contributed by atoms with van der Waals surface area (Å²) in [4.78, 5) is 10.7. The normalized spacial score (nSPS) is 19.1. The van der Waals surface area contributed by atoms with Crippen LogP contribution >= 0.6 is 15.9 Å². The molecule has 6 heteroatoms. The van der Waals surface area contributed by atoms with Crippen LogP contribution in [0.2, 0.25) is 0 Å². The van der Waals surface area contributed by atoms with Crippen LogP contribution in [0.15, 0.2) is 22.7 Å². The predicted molar refractivity (Wildman–Crippen MR) is 57.9 cm³/mol. The zero-order valence-electron chi connectivity index (χ0n) is 8.20. The minimum atomic E-state index is -0.452. The van der Waals surface area contributed by atoms with Crippen molar-refractivity contribution in [1.82, 2.24) is 5.32 Å². The fourth-order valence-electron chi connectivity index (χ4n) is 1.30. The molecule has 16 heavy (non-hydrogen) atoms. The van der Waals surface area contributed by atoms with Gasteiger partial charge in [0.1, 0.15) is 18.2 Å². The first-order valence-electron chi connectivity index (χ1n) is 4.67. The van der Waals surface area contributed by atoms with Gasteiger partial charge in [-0.05, 0) is 28.1 Å². The van der Waals surface area contributed by atoms with Gasteiger partial charge in [-0.25, -0.2) is 9.18 Å². The molecule has 4 nitrogen and oxygen atoms in total. The van der Waals surface area contributed by atoms with Gasteiger partial charge >= 0.3 is 6.09 Å². The SMILES string of the molecule is O=C1NCC(COc2cc(F)ccc2Br)O1. The molecule has 1 heterocycles. The first-order chi connectivity index (χ1) is 7.65. The van der Waals surface area contributed by atoms with Crippen molar-refractivity contribution >= 4 is 22.0 Å². The van der Waals surface area contributed by atoms with E-state index in [1.165, 1.54) is 12.1 Å².